The number of nitrogens with zero attached hydrogens (tertiary/aromatic N) is 2. The lowest BCUT2D eigenvalue weighted by Crippen LogP contribution is -2.03. The van der Waals surface area contributed by atoms with Gasteiger partial charge in [-0.15, -0.1) is 0 Å². The van der Waals surface area contributed by atoms with Crippen molar-refractivity contribution in [3.05, 3.63) is 71.8 Å². The average Bonchev–Trinajstić information content (AvgIpc) is 2.85. The predicted molar refractivity (Wildman–Crippen MR) is 69.6 cm³/mol. The van der Waals surface area contributed by atoms with E-state index in [1.807, 2.05) is 18.2 Å². The molecular weight excluding hydrogens is 243 g/mol. The van der Waals surface area contributed by atoms with Gasteiger partial charge in [0.2, 0.25) is 0 Å². The first-order valence-electron chi connectivity index (χ1n) is 5.94. The van der Waals surface area contributed by atoms with Crippen molar-refractivity contribution < 1.29 is 9.18 Å². The van der Waals surface area contributed by atoms with Crippen molar-refractivity contribution in [2.24, 2.45) is 0 Å². The molecule has 0 N–H and O–H groups in total. The Morgan fingerprint density at radius 2 is 1.95 bits per heavy atom. The van der Waals surface area contributed by atoms with Gasteiger partial charge in [-0.05, 0) is 29.8 Å². The highest BCUT2D eigenvalue weighted by Crippen LogP contribution is 2.14. The molecule has 4 heteroatoms. The smallest absolute Gasteiger partial charge is 0.171 e. The SMILES string of the molecule is O=C(Cc1ccc(F)cc1)c1cnn2ccccc12. The molecule has 3 aromatic rings. The second-order valence-electron chi connectivity index (χ2n) is 4.32. The molecule has 3 rings (SSSR count). The zero-order valence-electron chi connectivity index (χ0n) is 10.1. The van der Waals surface area contributed by atoms with E-state index in [0.29, 0.717) is 5.56 Å². The van der Waals surface area contributed by atoms with Gasteiger partial charge in [-0.1, -0.05) is 18.2 Å². The number of fused-ring (bicyclic) bond motifs is 1. The average molecular weight is 254 g/mol. The number of ketones is 1. The second kappa shape index (κ2) is 4.65. The Morgan fingerprint density at radius 3 is 2.74 bits per heavy atom. The molecule has 0 aliphatic heterocycles. The lowest BCUT2D eigenvalue weighted by molar-refractivity contribution is 0.0994. The van der Waals surface area contributed by atoms with Gasteiger partial charge < -0.3 is 0 Å². The molecule has 19 heavy (non-hydrogen) atoms. The van der Waals surface area contributed by atoms with Crippen molar-refractivity contribution in [3.8, 4) is 0 Å². The molecule has 3 nitrogen and oxygen atoms in total. The molecule has 0 aliphatic rings. The third kappa shape index (κ3) is 2.25. The van der Waals surface area contributed by atoms with Crippen LogP contribution in [0.3, 0.4) is 0 Å². The maximum atomic E-state index is 12.8. The van der Waals surface area contributed by atoms with E-state index >= 15 is 0 Å². The molecule has 0 spiro atoms. The van der Waals surface area contributed by atoms with Gasteiger partial charge in [0.25, 0.3) is 0 Å². The fraction of sp³-hybridized carbons (Fsp3) is 0.0667. The summed E-state index contributed by atoms with van der Waals surface area (Å²) < 4.78 is 14.5. The Morgan fingerprint density at radius 1 is 1.16 bits per heavy atom. The van der Waals surface area contributed by atoms with E-state index in [0.717, 1.165) is 11.1 Å². The summed E-state index contributed by atoms with van der Waals surface area (Å²) in [5, 5.41) is 4.13. The lowest BCUT2D eigenvalue weighted by atomic mass is 10.0. The van der Waals surface area contributed by atoms with Crippen LogP contribution in [0.25, 0.3) is 5.52 Å². The minimum atomic E-state index is -0.299. The van der Waals surface area contributed by atoms with E-state index in [2.05, 4.69) is 5.10 Å². The van der Waals surface area contributed by atoms with Crippen LogP contribution in [0.1, 0.15) is 15.9 Å². The lowest BCUT2D eigenvalue weighted by Gasteiger charge is -2.00. The zero-order chi connectivity index (χ0) is 13.2. The number of halogens is 1. The monoisotopic (exact) mass is 254 g/mol. The molecular formula is C15H11FN2O. The van der Waals surface area contributed by atoms with Crippen LogP contribution in [-0.2, 0) is 6.42 Å². The summed E-state index contributed by atoms with van der Waals surface area (Å²) in [4.78, 5) is 12.2. The van der Waals surface area contributed by atoms with E-state index in [1.54, 1.807) is 29.0 Å². The highest BCUT2D eigenvalue weighted by atomic mass is 19.1. The van der Waals surface area contributed by atoms with Gasteiger partial charge in [0.15, 0.2) is 5.78 Å². The van der Waals surface area contributed by atoms with Crippen LogP contribution in [0.5, 0.6) is 0 Å². The number of Topliss-reactive ketones (excluding diaryl/α,β-unsaturated/α-hetero) is 1. The number of hydrogen-bond acceptors (Lipinski definition) is 2. The molecule has 0 saturated carbocycles. The fourth-order valence-electron chi connectivity index (χ4n) is 2.03. The summed E-state index contributed by atoms with van der Waals surface area (Å²) in [6.07, 6.45) is 3.61. The minimum absolute atomic E-state index is 0.0205. The standard InChI is InChI=1S/C15H11FN2O/c16-12-6-4-11(5-7-12)9-15(19)13-10-17-18-8-2-1-3-14(13)18/h1-8,10H,9H2. The molecule has 94 valence electrons. The number of benzene rings is 1. The Bertz CT molecular complexity index is 731. The van der Waals surface area contributed by atoms with Crippen molar-refractivity contribution >= 4 is 11.3 Å². The maximum absolute atomic E-state index is 12.8. The number of carbonyl (C=O) groups is 1. The second-order valence-corrected chi connectivity index (χ2v) is 4.32. The predicted octanol–water partition coefficient (Wildman–Crippen LogP) is 2.90. The topological polar surface area (TPSA) is 34.4 Å². The summed E-state index contributed by atoms with van der Waals surface area (Å²) in [7, 11) is 0. The number of aromatic nitrogens is 2. The first-order chi connectivity index (χ1) is 9.24. The van der Waals surface area contributed by atoms with Crippen LogP contribution >= 0.6 is 0 Å². The Labute approximate surface area is 109 Å². The summed E-state index contributed by atoms with van der Waals surface area (Å²) in [5.74, 6) is -0.319. The van der Waals surface area contributed by atoms with Gasteiger partial charge in [0.1, 0.15) is 5.82 Å². The molecule has 0 fully saturated rings. The van der Waals surface area contributed by atoms with E-state index in [9.17, 15) is 9.18 Å². The van der Waals surface area contributed by atoms with E-state index in [1.165, 1.54) is 12.1 Å². The van der Waals surface area contributed by atoms with Crippen molar-refractivity contribution in [1.82, 2.24) is 9.61 Å². The third-order valence-electron chi connectivity index (χ3n) is 3.00. The Hall–Kier alpha value is -2.49. The van der Waals surface area contributed by atoms with Crippen LogP contribution in [0, 0.1) is 5.82 Å². The molecule has 0 amide bonds. The fourth-order valence-corrected chi connectivity index (χ4v) is 2.03. The van der Waals surface area contributed by atoms with Gasteiger partial charge in [-0.3, -0.25) is 4.79 Å². The molecule has 2 aromatic heterocycles. The molecule has 1 aromatic carbocycles. The van der Waals surface area contributed by atoms with Crippen LogP contribution in [0.15, 0.2) is 54.9 Å². The molecule has 0 aliphatic carbocycles. The van der Waals surface area contributed by atoms with Crippen molar-refractivity contribution in [2.45, 2.75) is 6.42 Å². The molecule has 0 radical (unpaired) electrons. The highest BCUT2D eigenvalue weighted by molar-refractivity contribution is 6.03. The number of hydrogen-bond donors (Lipinski definition) is 0. The molecule has 0 atom stereocenters. The summed E-state index contributed by atoms with van der Waals surface area (Å²) >= 11 is 0. The summed E-state index contributed by atoms with van der Waals surface area (Å²) in [6, 6.07) is 11.5. The van der Waals surface area contributed by atoms with Gasteiger partial charge in [0.05, 0.1) is 17.3 Å². The maximum Gasteiger partial charge on any atom is 0.171 e. The molecule has 0 unspecified atom stereocenters. The van der Waals surface area contributed by atoms with Crippen LogP contribution < -0.4 is 0 Å². The molecule has 2 heterocycles. The van der Waals surface area contributed by atoms with Crippen LogP contribution in [0.4, 0.5) is 4.39 Å². The van der Waals surface area contributed by atoms with Gasteiger partial charge in [0, 0.05) is 12.6 Å². The Kier molecular flexibility index (Phi) is 2.83. The zero-order valence-corrected chi connectivity index (χ0v) is 10.1. The van der Waals surface area contributed by atoms with Crippen LogP contribution in [0.2, 0.25) is 0 Å². The highest BCUT2D eigenvalue weighted by Gasteiger charge is 2.12. The van der Waals surface area contributed by atoms with E-state index in [4.69, 9.17) is 0 Å². The van der Waals surface area contributed by atoms with Gasteiger partial charge >= 0.3 is 0 Å². The van der Waals surface area contributed by atoms with Gasteiger partial charge in [-0.2, -0.15) is 5.10 Å². The van der Waals surface area contributed by atoms with E-state index in [-0.39, 0.29) is 18.0 Å². The van der Waals surface area contributed by atoms with E-state index < -0.39 is 0 Å². The number of pyridine rings is 1. The van der Waals surface area contributed by atoms with Gasteiger partial charge in [-0.25, -0.2) is 8.91 Å². The first kappa shape index (κ1) is 11.6. The quantitative estimate of drug-likeness (QED) is 0.673. The minimum Gasteiger partial charge on any atom is -0.294 e. The number of rotatable bonds is 3. The first-order valence-corrected chi connectivity index (χ1v) is 5.94. The Balaban J connectivity index is 1.90. The van der Waals surface area contributed by atoms with Crippen molar-refractivity contribution in [2.75, 3.05) is 0 Å². The molecule has 0 bridgehead atoms. The van der Waals surface area contributed by atoms with Crippen LogP contribution in [-0.4, -0.2) is 15.4 Å². The largest absolute Gasteiger partial charge is 0.294 e. The number of carbonyl (C=O) groups excluding carboxylic acids is 1. The summed E-state index contributed by atoms with van der Waals surface area (Å²) in [6.45, 7) is 0. The molecule has 0 saturated heterocycles. The normalized spacial score (nSPS) is 10.8. The van der Waals surface area contributed by atoms with Crippen molar-refractivity contribution in [3.63, 3.8) is 0 Å². The third-order valence-corrected chi connectivity index (χ3v) is 3.00. The summed E-state index contributed by atoms with van der Waals surface area (Å²) in [5.41, 5.74) is 2.17. The van der Waals surface area contributed by atoms with Crippen molar-refractivity contribution in [1.29, 1.82) is 0 Å².